The molecule has 1 fully saturated rings. The zero-order valence-electron chi connectivity index (χ0n) is 17.4. The van der Waals surface area contributed by atoms with Gasteiger partial charge in [0.1, 0.15) is 0 Å². The van der Waals surface area contributed by atoms with Crippen molar-refractivity contribution in [3.8, 4) is 0 Å². The van der Waals surface area contributed by atoms with Gasteiger partial charge in [0, 0.05) is 25.5 Å². The van der Waals surface area contributed by atoms with Gasteiger partial charge in [-0.2, -0.15) is 0 Å². The first-order valence-corrected chi connectivity index (χ1v) is 15.3. The van der Waals surface area contributed by atoms with E-state index in [0.29, 0.717) is 0 Å². The second kappa shape index (κ2) is 15.5. The van der Waals surface area contributed by atoms with Gasteiger partial charge >= 0.3 is 34.8 Å². The number of halogens is 2. The molecule has 151 valence electrons. The maximum absolute atomic E-state index is 4.89. The van der Waals surface area contributed by atoms with Crippen LogP contribution in [0.3, 0.4) is 0 Å². The minimum absolute atomic E-state index is 0.556. The summed E-state index contributed by atoms with van der Waals surface area (Å²) >= 11 is -0.556. The molecular formula is C21H35Cl2IrN2+. The summed E-state index contributed by atoms with van der Waals surface area (Å²) < 4.78 is 0. The van der Waals surface area contributed by atoms with Crippen LogP contribution in [0.15, 0.2) is 12.4 Å². The van der Waals surface area contributed by atoms with Crippen molar-refractivity contribution in [3.05, 3.63) is 48.7 Å². The van der Waals surface area contributed by atoms with Crippen LogP contribution >= 0.6 is 19.2 Å². The Morgan fingerprint density at radius 2 is 1.00 bits per heavy atom. The van der Waals surface area contributed by atoms with Gasteiger partial charge in [-0.3, -0.25) is 0 Å². The SMILES string of the molecule is CCCCN1[C]N(CCCC)C=C1.C[C]1[C](C)[C](C)[C](C)[C]1C.[Cl][Ir+][Cl]. The summed E-state index contributed by atoms with van der Waals surface area (Å²) in [4.78, 5) is 4.30. The average Bonchev–Trinajstić information content (AvgIpc) is 3.15. The van der Waals surface area contributed by atoms with Crippen molar-refractivity contribution in [1.82, 2.24) is 9.80 Å². The Kier molecular flexibility index (Phi) is 15.8. The molecule has 1 heterocycles. The third kappa shape index (κ3) is 9.67. The average molecular weight is 579 g/mol. The number of rotatable bonds is 6. The molecule has 0 aromatic rings. The molecule has 1 aliphatic heterocycles. The second-order valence-corrected chi connectivity index (χ2v) is 10.1. The van der Waals surface area contributed by atoms with Crippen LogP contribution in [0.1, 0.15) is 74.1 Å². The molecular weight excluding hydrogens is 543 g/mol. The summed E-state index contributed by atoms with van der Waals surface area (Å²) in [6, 6.07) is 0. The van der Waals surface area contributed by atoms with Gasteiger partial charge in [-0.1, -0.05) is 61.3 Å². The van der Waals surface area contributed by atoms with E-state index >= 15 is 0 Å². The van der Waals surface area contributed by atoms with Crippen LogP contribution in [-0.2, 0) is 15.7 Å². The molecule has 0 aromatic heterocycles. The van der Waals surface area contributed by atoms with Gasteiger partial charge in [0.2, 0.25) is 6.67 Å². The molecule has 0 atom stereocenters. The molecule has 2 aliphatic rings. The minimum atomic E-state index is -0.556. The fourth-order valence-electron chi connectivity index (χ4n) is 2.70. The molecule has 0 amide bonds. The van der Waals surface area contributed by atoms with Crippen LogP contribution in [0, 0.1) is 36.3 Å². The summed E-state index contributed by atoms with van der Waals surface area (Å²) in [5, 5.41) is 0. The number of nitrogens with zero attached hydrogens (tertiary/aromatic N) is 2. The number of hydrogen-bond donors (Lipinski definition) is 0. The first-order valence-electron chi connectivity index (χ1n) is 9.35. The Balaban J connectivity index is 0.000000428. The van der Waals surface area contributed by atoms with Gasteiger partial charge in [0.05, 0.1) is 0 Å². The maximum atomic E-state index is 4.89. The Morgan fingerprint density at radius 3 is 1.23 bits per heavy atom. The third-order valence-corrected chi connectivity index (χ3v) is 5.00. The Bertz CT molecular complexity index is 307. The van der Waals surface area contributed by atoms with E-state index < -0.39 is 15.7 Å². The van der Waals surface area contributed by atoms with Gasteiger partial charge < -0.3 is 9.80 Å². The summed E-state index contributed by atoms with van der Waals surface area (Å²) in [5.74, 6) is 7.34. The van der Waals surface area contributed by atoms with E-state index in [2.05, 4.69) is 77.3 Å². The molecule has 0 spiro atoms. The van der Waals surface area contributed by atoms with E-state index in [4.69, 9.17) is 19.2 Å². The molecule has 2 rings (SSSR count). The number of hydrogen-bond acceptors (Lipinski definition) is 2. The Morgan fingerprint density at radius 1 is 0.731 bits per heavy atom. The Labute approximate surface area is 180 Å². The van der Waals surface area contributed by atoms with Crippen LogP contribution in [0.25, 0.3) is 0 Å². The molecule has 1 aliphatic carbocycles. The van der Waals surface area contributed by atoms with Gasteiger partial charge in [-0.05, 0) is 42.4 Å². The van der Waals surface area contributed by atoms with Gasteiger partial charge in [0.15, 0.2) is 0 Å². The van der Waals surface area contributed by atoms with Gasteiger partial charge in [-0.25, -0.2) is 0 Å². The molecule has 0 aromatic carbocycles. The molecule has 5 heteroatoms. The molecule has 7 radical (unpaired) electrons. The van der Waals surface area contributed by atoms with Crippen LogP contribution in [0.4, 0.5) is 0 Å². The summed E-state index contributed by atoms with van der Waals surface area (Å²) in [5.41, 5.74) is 0. The van der Waals surface area contributed by atoms with Crippen LogP contribution < -0.4 is 0 Å². The summed E-state index contributed by atoms with van der Waals surface area (Å²) in [6.45, 7) is 21.0. The molecule has 2 nitrogen and oxygen atoms in total. The van der Waals surface area contributed by atoms with Crippen molar-refractivity contribution in [2.75, 3.05) is 13.1 Å². The molecule has 0 bridgehead atoms. The van der Waals surface area contributed by atoms with Crippen molar-refractivity contribution >= 4 is 19.2 Å². The third-order valence-electron chi connectivity index (χ3n) is 5.00. The van der Waals surface area contributed by atoms with E-state index in [1.165, 1.54) is 55.3 Å². The predicted octanol–water partition coefficient (Wildman–Crippen LogP) is 7.02. The molecule has 1 saturated carbocycles. The number of unbranched alkanes of at least 4 members (excludes halogenated alkanes) is 2. The zero-order valence-corrected chi connectivity index (χ0v) is 21.3. The van der Waals surface area contributed by atoms with Crippen LogP contribution in [-0.4, -0.2) is 22.9 Å². The Hall–Kier alpha value is 0.569. The fourth-order valence-corrected chi connectivity index (χ4v) is 2.70. The summed E-state index contributed by atoms with van der Waals surface area (Å²) in [6.07, 6.45) is 9.23. The predicted molar refractivity (Wildman–Crippen MR) is 112 cm³/mol. The van der Waals surface area contributed by atoms with Crippen molar-refractivity contribution < 1.29 is 15.7 Å². The van der Waals surface area contributed by atoms with Crippen molar-refractivity contribution in [2.24, 2.45) is 0 Å². The van der Waals surface area contributed by atoms with E-state index in [1.54, 1.807) is 0 Å². The van der Waals surface area contributed by atoms with E-state index in [-0.39, 0.29) is 0 Å². The zero-order chi connectivity index (χ0) is 20.1. The fraction of sp³-hybridized carbons (Fsp3) is 0.619. The summed E-state index contributed by atoms with van der Waals surface area (Å²) in [7, 11) is 9.78. The monoisotopic (exact) mass is 578 g/mol. The second-order valence-electron chi connectivity index (χ2n) is 6.66. The van der Waals surface area contributed by atoms with Crippen molar-refractivity contribution in [3.63, 3.8) is 0 Å². The first kappa shape index (κ1) is 26.6. The molecule has 0 N–H and O–H groups in total. The van der Waals surface area contributed by atoms with E-state index in [0.717, 1.165) is 13.1 Å². The standard InChI is InChI=1S/C11H20N2.C10H15.2ClH.Ir/c1-3-5-7-12-9-10-13(11-12)8-6-4-2;1-6-7(2)9(4)10(5)8(6)3;;;/h9-10H,3-8H2,1-2H3;1-5H3;2*1H;/q;;;;+3/p-2. The van der Waals surface area contributed by atoms with Gasteiger partial charge in [-0.15, -0.1) is 0 Å². The molecule has 26 heavy (non-hydrogen) atoms. The normalized spacial score (nSPS) is 19.7. The van der Waals surface area contributed by atoms with Crippen molar-refractivity contribution in [2.45, 2.75) is 74.1 Å². The van der Waals surface area contributed by atoms with Crippen LogP contribution in [0.2, 0.25) is 0 Å². The van der Waals surface area contributed by atoms with E-state index in [1.807, 2.05) is 0 Å². The van der Waals surface area contributed by atoms with Gasteiger partial charge in [0.25, 0.3) is 0 Å². The van der Waals surface area contributed by atoms with E-state index in [9.17, 15) is 0 Å². The van der Waals surface area contributed by atoms with Crippen molar-refractivity contribution in [1.29, 1.82) is 0 Å². The van der Waals surface area contributed by atoms with Crippen LogP contribution in [0.5, 0.6) is 0 Å². The molecule has 0 saturated heterocycles. The quantitative estimate of drug-likeness (QED) is 0.334. The topological polar surface area (TPSA) is 6.48 Å². The first-order chi connectivity index (χ1) is 12.3. The molecule has 0 unspecified atom stereocenters.